The normalized spacial score (nSPS) is 11.2. The zero-order valence-corrected chi connectivity index (χ0v) is 17.1. The third kappa shape index (κ3) is 5.05. The maximum atomic E-state index is 13.2. The van der Waals surface area contributed by atoms with Gasteiger partial charge in [-0.2, -0.15) is 0 Å². The van der Waals surface area contributed by atoms with Crippen LogP contribution in [0.4, 0.5) is 9.52 Å². The first-order chi connectivity index (χ1) is 13.5. The molecule has 0 N–H and O–H groups in total. The molecular weight excluding hydrogens is 377 g/mol. The first kappa shape index (κ1) is 20.2. The molecule has 1 heterocycles. The van der Waals surface area contributed by atoms with E-state index < -0.39 is 0 Å². The number of ether oxygens (including phenoxy) is 1. The van der Waals surface area contributed by atoms with Gasteiger partial charge in [0.2, 0.25) is 5.91 Å². The maximum absolute atomic E-state index is 13.2. The number of benzene rings is 2. The molecule has 2 aromatic carbocycles. The summed E-state index contributed by atoms with van der Waals surface area (Å²) in [4.78, 5) is 21.5. The second-order valence-corrected chi connectivity index (χ2v) is 7.84. The molecule has 5 nitrogen and oxygen atoms in total. The number of fused-ring (bicyclic) bond motifs is 1. The molecular formula is C21H24FN3O2S. The topological polar surface area (TPSA) is 45.7 Å². The molecule has 7 heteroatoms. The third-order valence-corrected chi connectivity index (χ3v) is 5.41. The number of thiazole rings is 1. The Balaban J connectivity index is 1.84. The van der Waals surface area contributed by atoms with E-state index in [-0.39, 0.29) is 18.1 Å². The summed E-state index contributed by atoms with van der Waals surface area (Å²) >= 11 is 1.48. The summed E-state index contributed by atoms with van der Waals surface area (Å²) in [5.74, 6) is 0.412. The molecule has 1 aromatic heterocycles. The summed E-state index contributed by atoms with van der Waals surface area (Å²) in [6.45, 7) is 1.45. The molecule has 0 saturated heterocycles. The first-order valence-electron chi connectivity index (χ1n) is 9.10. The molecule has 28 heavy (non-hydrogen) atoms. The van der Waals surface area contributed by atoms with Gasteiger partial charge >= 0.3 is 0 Å². The number of hydrogen-bond acceptors (Lipinski definition) is 5. The van der Waals surface area contributed by atoms with Gasteiger partial charge in [-0.05, 0) is 63.0 Å². The van der Waals surface area contributed by atoms with E-state index >= 15 is 0 Å². The van der Waals surface area contributed by atoms with Crippen molar-refractivity contribution in [3.05, 3.63) is 53.8 Å². The van der Waals surface area contributed by atoms with Crippen LogP contribution in [0.3, 0.4) is 0 Å². The van der Waals surface area contributed by atoms with Crippen molar-refractivity contribution in [1.29, 1.82) is 0 Å². The van der Waals surface area contributed by atoms with Crippen molar-refractivity contribution >= 4 is 32.6 Å². The Morgan fingerprint density at radius 1 is 1.14 bits per heavy atom. The van der Waals surface area contributed by atoms with Crippen LogP contribution in [0, 0.1) is 5.82 Å². The summed E-state index contributed by atoms with van der Waals surface area (Å²) in [6.07, 6.45) is 1.04. The van der Waals surface area contributed by atoms with Crippen molar-refractivity contribution in [3.8, 4) is 5.75 Å². The van der Waals surface area contributed by atoms with Crippen molar-refractivity contribution in [2.75, 3.05) is 39.2 Å². The van der Waals surface area contributed by atoms with E-state index in [1.165, 1.54) is 23.5 Å². The molecule has 1 amide bonds. The number of hydrogen-bond donors (Lipinski definition) is 0. The molecule has 0 unspecified atom stereocenters. The molecule has 3 rings (SSSR count). The average Bonchev–Trinajstić information content (AvgIpc) is 3.09. The SMILES string of the molecule is COc1ccc2nc(N(CCCN(C)C)C(=O)Cc3ccc(F)cc3)sc2c1. The molecule has 0 aliphatic carbocycles. The Bertz CT molecular complexity index is 940. The number of amides is 1. The molecule has 0 aliphatic rings. The lowest BCUT2D eigenvalue weighted by Crippen LogP contribution is -2.34. The minimum Gasteiger partial charge on any atom is -0.497 e. The molecule has 148 valence electrons. The lowest BCUT2D eigenvalue weighted by atomic mass is 10.1. The smallest absolute Gasteiger partial charge is 0.233 e. The maximum Gasteiger partial charge on any atom is 0.233 e. The highest BCUT2D eigenvalue weighted by atomic mass is 32.1. The number of nitrogens with zero attached hydrogens (tertiary/aromatic N) is 3. The average molecular weight is 402 g/mol. The molecule has 0 saturated carbocycles. The molecule has 0 atom stereocenters. The Morgan fingerprint density at radius 2 is 1.89 bits per heavy atom. The van der Waals surface area contributed by atoms with Gasteiger partial charge in [-0.3, -0.25) is 9.69 Å². The Morgan fingerprint density at radius 3 is 2.57 bits per heavy atom. The van der Waals surface area contributed by atoms with Crippen LogP contribution in [-0.2, 0) is 11.2 Å². The molecule has 0 radical (unpaired) electrons. The van der Waals surface area contributed by atoms with Crippen molar-refractivity contribution in [2.24, 2.45) is 0 Å². The highest BCUT2D eigenvalue weighted by Gasteiger charge is 2.20. The fraction of sp³-hybridized carbons (Fsp3) is 0.333. The Kier molecular flexibility index (Phi) is 6.59. The molecule has 0 aliphatic heterocycles. The minimum atomic E-state index is -0.306. The second kappa shape index (κ2) is 9.12. The zero-order valence-electron chi connectivity index (χ0n) is 16.3. The fourth-order valence-corrected chi connectivity index (χ4v) is 3.92. The number of carbonyl (C=O) groups is 1. The Hall–Kier alpha value is -2.51. The van der Waals surface area contributed by atoms with Gasteiger partial charge < -0.3 is 9.64 Å². The summed E-state index contributed by atoms with van der Waals surface area (Å²) in [5.41, 5.74) is 1.62. The third-order valence-electron chi connectivity index (χ3n) is 4.37. The van der Waals surface area contributed by atoms with Crippen LogP contribution in [0.1, 0.15) is 12.0 Å². The van der Waals surface area contributed by atoms with Crippen LogP contribution in [0.2, 0.25) is 0 Å². The quantitative estimate of drug-likeness (QED) is 0.573. The standard InChI is InChI=1S/C21H24FN3O2S/c1-24(2)11-4-12-25(20(26)13-15-5-7-16(22)8-6-15)21-23-18-10-9-17(27-3)14-19(18)28-21/h5-10,14H,4,11-13H2,1-3H3. The van der Waals surface area contributed by atoms with E-state index in [2.05, 4.69) is 9.88 Å². The Labute approximate surface area is 168 Å². The highest BCUT2D eigenvalue weighted by molar-refractivity contribution is 7.22. The van der Waals surface area contributed by atoms with Gasteiger partial charge in [0.25, 0.3) is 0 Å². The van der Waals surface area contributed by atoms with Gasteiger partial charge in [0.05, 0.1) is 23.7 Å². The van der Waals surface area contributed by atoms with Crippen molar-refractivity contribution in [1.82, 2.24) is 9.88 Å². The van der Waals surface area contributed by atoms with Crippen LogP contribution >= 0.6 is 11.3 Å². The van der Waals surface area contributed by atoms with Gasteiger partial charge in [0.1, 0.15) is 11.6 Å². The largest absolute Gasteiger partial charge is 0.497 e. The lowest BCUT2D eigenvalue weighted by molar-refractivity contribution is -0.118. The summed E-state index contributed by atoms with van der Waals surface area (Å²) in [6, 6.07) is 11.7. The van der Waals surface area contributed by atoms with E-state index in [4.69, 9.17) is 4.74 Å². The van der Waals surface area contributed by atoms with Gasteiger partial charge in [0.15, 0.2) is 5.13 Å². The first-order valence-corrected chi connectivity index (χ1v) is 9.92. The second-order valence-electron chi connectivity index (χ2n) is 6.84. The predicted molar refractivity (Wildman–Crippen MR) is 112 cm³/mol. The molecule has 0 bridgehead atoms. The lowest BCUT2D eigenvalue weighted by Gasteiger charge is -2.21. The van der Waals surface area contributed by atoms with E-state index in [1.54, 1.807) is 24.1 Å². The summed E-state index contributed by atoms with van der Waals surface area (Å²) in [7, 11) is 5.65. The van der Waals surface area contributed by atoms with Gasteiger partial charge in [-0.15, -0.1) is 0 Å². The van der Waals surface area contributed by atoms with Crippen molar-refractivity contribution in [3.63, 3.8) is 0 Å². The number of aromatic nitrogens is 1. The fourth-order valence-electron chi connectivity index (χ4n) is 2.88. The predicted octanol–water partition coefficient (Wildman–Crippen LogP) is 3.97. The van der Waals surface area contributed by atoms with Gasteiger partial charge in [-0.1, -0.05) is 23.5 Å². The van der Waals surface area contributed by atoms with E-state index in [0.717, 1.165) is 34.5 Å². The van der Waals surface area contributed by atoms with E-state index in [1.807, 2.05) is 32.3 Å². The van der Waals surface area contributed by atoms with Gasteiger partial charge in [-0.25, -0.2) is 9.37 Å². The summed E-state index contributed by atoms with van der Waals surface area (Å²) in [5, 5.41) is 0.675. The molecule has 0 spiro atoms. The van der Waals surface area contributed by atoms with Gasteiger partial charge in [0, 0.05) is 6.54 Å². The molecule has 0 fully saturated rings. The number of anilines is 1. The highest BCUT2D eigenvalue weighted by Crippen LogP contribution is 2.32. The van der Waals surface area contributed by atoms with Crippen molar-refractivity contribution in [2.45, 2.75) is 12.8 Å². The number of methoxy groups -OCH3 is 1. The van der Waals surface area contributed by atoms with Crippen LogP contribution in [-0.4, -0.2) is 50.1 Å². The van der Waals surface area contributed by atoms with E-state index in [9.17, 15) is 9.18 Å². The number of rotatable bonds is 8. The zero-order chi connectivity index (χ0) is 20.1. The minimum absolute atomic E-state index is 0.0450. The number of carbonyl (C=O) groups excluding carboxylic acids is 1. The summed E-state index contributed by atoms with van der Waals surface area (Å²) < 4.78 is 19.4. The van der Waals surface area contributed by atoms with Crippen LogP contribution in [0.15, 0.2) is 42.5 Å². The van der Waals surface area contributed by atoms with Crippen molar-refractivity contribution < 1.29 is 13.9 Å². The van der Waals surface area contributed by atoms with Crippen LogP contribution in [0.25, 0.3) is 10.2 Å². The number of halogens is 1. The van der Waals surface area contributed by atoms with Crippen LogP contribution in [0.5, 0.6) is 5.75 Å². The van der Waals surface area contributed by atoms with E-state index in [0.29, 0.717) is 11.7 Å². The monoisotopic (exact) mass is 401 g/mol. The van der Waals surface area contributed by atoms with Crippen LogP contribution < -0.4 is 9.64 Å². The molecule has 3 aromatic rings.